The Kier molecular flexibility index (Phi) is 6.81. The summed E-state index contributed by atoms with van der Waals surface area (Å²) in [5.41, 5.74) is 0.385. The third-order valence-electron chi connectivity index (χ3n) is 5.39. The van der Waals surface area contributed by atoms with Crippen molar-refractivity contribution in [2.75, 3.05) is 26.3 Å². The van der Waals surface area contributed by atoms with Crippen LogP contribution in [0.3, 0.4) is 0 Å². The zero-order valence-electron chi connectivity index (χ0n) is 14.0. The largest absolute Gasteiger partial charge is 0.450 e. The van der Waals surface area contributed by atoms with Crippen LogP contribution in [0, 0.1) is 15.7 Å². The topological polar surface area (TPSA) is 88.0 Å². The van der Waals surface area contributed by atoms with Crippen LogP contribution in [0.15, 0.2) is 5.18 Å². The molecule has 1 amide bonds. The Morgan fingerprint density at radius 3 is 2.30 bits per heavy atom. The fraction of sp³-hybridized carbons (Fsp3) is 0.941. The molecule has 6 nitrogen and oxygen atoms in total. The molecular formula is C17H30N2O4. The van der Waals surface area contributed by atoms with Crippen LogP contribution < -0.4 is 5.32 Å². The highest BCUT2D eigenvalue weighted by Crippen LogP contribution is 2.50. The predicted octanol–water partition coefficient (Wildman–Crippen LogP) is 3.37. The smallest absolute Gasteiger partial charge is 0.407 e. The predicted molar refractivity (Wildman–Crippen MR) is 88.1 cm³/mol. The standard InChI is InChI=1S/C17H30N2O4/c20-14-17(9-10-17)6-2-4-12-23-15(21)18-11-3-1-5-16(7-8-16)13-19-22/h20H,1-14H2,(H,18,21). The van der Waals surface area contributed by atoms with Crippen LogP contribution in [0.1, 0.15) is 64.2 Å². The van der Waals surface area contributed by atoms with Crippen molar-refractivity contribution < 1.29 is 14.6 Å². The highest BCUT2D eigenvalue weighted by atomic mass is 16.5. The fourth-order valence-corrected chi connectivity index (χ4v) is 3.10. The van der Waals surface area contributed by atoms with Crippen molar-refractivity contribution in [3.8, 4) is 0 Å². The second-order valence-electron chi connectivity index (χ2n) is 7.42. The normalized spacial score (nSPS) is 19.9. The molecule has 0 heterocycles. The SMILES string of the molecule is O=NCC1(CCCCNC(=O)OCCCCC2(CO)CC2)CC1. The van der Waals surface area contributed by atoms with E-state index in [1.807, 2.05) is 0 Å². The number of rotatable bonds is 13. The quantitative estimate of drug-likeness (QED) is 0.401. The summed E-state index contributed by atoms with van der Waals surface area (Å²) < 4.78 is 5.14. The number of nitroso groups, excluding NO2 is 1. The monoisotopic (exact) mass is 326 g/mol. The van der Waals surface area contributed by atoms with Gasteiger partial charge in [0.2, 0.25) is 0 Å². The molecule has 0 aromatic rings. The number of ether oxygens (including phenoxy) is 1. The second-order valence-corrected chi connectivity index (χ2v) is 7.42. The minimum Gasteiger partial charge on any atom is -0.450 e. The number of hydrogen-bond acceptors (Lipinski definition) is 5. The van der Waals surface area contributed by atoms with Gasteiger partial charge in [-0.25, -0.2) is 4.79 Å². The van der Waals surface area contributed by atoms with Gasteiger partial charge >= 0.3 is 6.09 Å². The Morgan fingerprint density at radius 2 is 1.70 bits per heavy atom. The van der Waals surface area contributed by atoms with Gasteiger partial charge in [0.05, 0.1) is 13.2 Å². The van der Waals surface area contributed by atoms with Gasteiger partial charge in [0.25, 0.3) is 0 Å². The number of amides is 1. The first kappa shape index (κ1) is 18.2. The summed E-state index contributed by atoms with van der Waals surface area (Å²) in [6.45, 7) is 1.80. The van der Waals surface area contributed by atoms with Gasteiger partial charge in [-0.1, -0.05) is 11.6 Å². The van der Waals surface area contributed by atoms with Crippen molar-refractivity contribution in [1.29, 1.82) is 0 Å². The van der Waals surface area contributed by atoms with E-state index in [0.29, 0.717) is 26.3 Å². The highest BCUT2D eigenvalue weighted by Gasteiger charge is 2.42. The molecule has 0 aliphatic heterocycles. The minimum atomic E-state index is -0.344. The summed E-state index contributed by atoms with van der Waals surface area (Å²) in [6, 6.07) is 0. The first-order valence-electron chi connectivity index (χ1n) is 8.94. The van der Waals surface area contributed by atoms with Gasteiger partial charge in [-0.3, -0.25) is 0 Å². The number of hydrogen-bond donors (Lipinski definition) is 2. The molecule has 0 unspecified atom stereocenters. The Balaban J connectivity index is 1.38. The van der Waals surface area contributed by atoms with Gasteiger partial charge in [0, 0.05) is 13.2 Å². The lowest BCUT2D eigenvalue weighted by Gasteiger charge is -2.12. The third kappa shape index (κ3) is 6.45. The van der Waals surface area contributed by atoms with Crippen LogP contribution in [-0.4, -0.2) is 37.5 Å². The summed E-state index contributed by atoms with van der Waals surface area (Å²) in [5, 5.41) is 15.0. The Morgan fingerprint density at radius 1 is 1.04 bits per heavy atom. The van der Waals surface area contributed by atoms with Crippen LogP contribution >= 0.6 is 0 Å². The average Bonchev–Trinajstić information content (AvgIpc) is 3.45. The zero-order valence-corrected chi connectivity index (χ0v) is 14.0. The molecule has 0 radical (unpaired) electrons. The van der Waals surface area contributed by atoms with Crippen molar-refractivity contribution in [2.45, 2.75) is 64.2 Å². The van der Waals surface area contributed by atoms with E-state index in [4.69, 9.17) is 4.74 Å². The fourth-order valence-electron chi connectivity index (χ4n) is 3.10. The average molecular weight is 326 g/mol. The lowest BCUT2D eigenvalue weighted by molar-refractivity contribution is 0.141. The van der Waals surface area contributed by atoms with Crippen molar-refractivity contribution in [2.24, 2.45) is 16.0 Å². The molecule has 2 saturated carbocycles. The van der Waals surface area contributed by atoms with E-state index < -0.39 is 0 Å². The van der Waals surface area contributed by atoms with E-state index in [1.54, 1.807) is 0 Å². The molecule has 2 N–H and O–H groups in total. The molecule has 0 bridgehead atoms. The Labute approximate surface area is 138 Å². The number of alkyl carbamates (subject to hydrolysis) is 1. The van der Waals surface area contributed by atoms with Gasteiger partial charge in [-0.05, 0) is 68.6 Å². The second kappa shape index (κ2) is 8.62. The molecule has 0 saturated heterocycles. The molecule has 0 atom stereocenters. The Hall–Kier alpha value is -1.17. The molecule has 132 valence electrons. The third-order valence-corrected chi connectivity index (χ3v) is 5.39. The number of unbranched alkanes of at least 4 members (excludes halogenated alkanes) is 2. The van der Waals surface area contributed by atoms with Crippen molar-refractivity contribution in [1.82, 2.24) is 5.32 Å². The Bertz CT molecular complexity index is 392. The van der Waals surface area contributed by atoms with Crippen molar-refractivity contribution in [3.05, 3.63) is 4.91 Å². The van der Waals surface area contributed by atoms with Gasteiger partial charge in [0.1, 0.15) is 0 Å². The highest BCUT2D eigenvalue weighted by molar-refractivity contribution is 5.66. The van der Waals surface area contributed by atoms with Crippen molar-refractivity contribution in [3.63, 3.8) is 0 Å². The number of nitrogens with one attached hydrogen (secondary N) is 1. The van der Waals surface area contributed by atoms with E-state index in [9.17, 15) is 14.8 Å². The van der Waals surface area contributed by atoms with Crippen LogP contribution in [0.5, 0.6) is 0 Å². The maximum absolute atomic E-state index is 11.5. The summed E-state index contributed by atoms with van der Waals surface area (Å²) in [4.78, 5) is 21.8. The van der Waals surface area contributed by atoms with Crippen LogP contribution in [-0.2, 0) is 4.74 Å². The molecule has 6 heteroatoms. The van der Waals surface area contributed by atoms with E-state index >= 15 is 0 Å². The molecule has 0 aromatic heterocycles. The molecular weight excluding hydrogens is 296 g/mol. The zero-order chi connectivity index (χ0) is 16.6. The summed E-state index contributed by atoms with van der Waals surface area (Å²) in [5.74, 6) is 0. The van der Waals surface area contributed by atoms with E-state index in [-0.39, 0.29) is 16.9 Å². The number of aliphatic hydroxyl groups excluding tert-OH is 1. The maximum atomic E-state index is 11.5. The molecule has 0 aromatic carbocycles. The molecule has 2 aliphatic carbocycles. The molecule has 2 aliphatic rings. The minimum absolute atomic E-state index is 0.190. The number of nitrogens with zero attached hydrogens (tertiary/aromatic N) is 1. The van der Waals surface area contributed by atoms with Crippen LogP contribution in [0.4, 0.5) is 4.79 Å². The van der Waals surface area contributed by atoms with Gasteiger partial charge in [-0.15, -0.1) is 0 Å². The van der Waals surface area contributed by atoms with Gasteiger partial charge in [-0.2, -0.15) is 4.91 Å². The molecule has 23 heavy (non-hydrogen) atoms. The van der Waals surface area contributed by atoms with Gasteiger partial charge in [0.15, 0.2) is 0 Å². The van der Waals surface area contributed by atoms with E-state index in [2.05, 4.69) is 10.5 Å². The summed E-state index contributed by atoms with van der Waals surface area (Å²) in [6.07, 6.45) is 10.0. The number of aliphatic hydroxyl groups is 1. The summed E-state index contributed by atoms with van der Waals surface area (Å²) in [7, 11) is 0. The van der Waals surface area contributed by atoms with Crippen LogP contribution in [0.25, 0.3) is 0 Å². The first-order chi connectivity index (χ1) is 11.1. The maximum Gasteiger partial charge on any atom is 0.407 e. The lowest BCUT2D eigenvalue weighted by atomic mass is 9.99. The van der Waals surface area contributed by atoms with Gasteiger partial charge < -0.3 is 15.2 Å². The molecule has 0 spiro atoms. The number of carbonyl (C=O) groups is 1. The summed E-state index contributed by atoms with van der Waals surface area (Å²) >= 11 is 0. The first-order valence-corrected chi connectivity index (χ1v) is 8.94. The van der Waals surface area contributed by atoms with Crippen LogP contribution in [0.2, 0.25) is 0 Å². The lowest BCUT2D eigenvalue weighted by Crippen LogP contribution is -2.25. The van der Waals surface area contributed by atoms with E-state index in [1.165, 1.54) is 0 Å². The molecule has 2 rings (SSSR count). The number of carbonyl (C=O) groups excluding carboxylic acids is 1. The van der Waals surface area contributed by atoms with Crippen molar-refractivity contribution >= 4 is 6.09 Å². The van der Waals surface area contributed by atoms with E-state index in [0.717, 1.165) is 64.2 Å². The molecule has 2 fully saturated rings.